The smallest absolute Gasteiger partial charge is 0.193 e. The van der Waals surface area contributed by atoms with E-state index in [9.17, 15) is 0 Å². The summed E-state index contributed by atoms with van der Waals surface area (Å²) in [5.74, 6) is 1.90. The Balaban J connectivity index is 0.00000385. The van der Waals surface area contributed by atoms with Crippen LogP contribution in [0.15, 0.2) is 29.3 Å². The van der Waals surface area contributed by atoms with E-state index in [-0.39, 0.29) is 24.0 Å². The van der Waals surface area contributed by atoms with E-state index in [1.165, 1.54) is 24.8 Å². The Hall–Kier alpha value is -1.10. The Kier molecular flexibility index (Phi) is 13.4. The van der Waals surface area contributed by atoms with Gasteiger partial charge in [-0.05, 0) is 62.9 Å². The highest BCUT2D eigenvalue weighted by molar-refractivity contribution is 14.0. The van der Waals surface area contributed by atoms with Crippen LogP contribution in [0.3, 0.4) is 0 Å². The molecule has 0 aromatic heterocycles. The molecule has 0 aliphatic carbocycles. The second-order valence-electron chi connectivity index (χ2n) is 8.72. The van der Waals surface area contributed by atoms with Gasteiger partial charge in [-0.2, -0.15) is 0 Å². The van der Waals surface area contributed by atoms with Gasteiger partial charge in [0.25, 0.3) is 0 Å². The van der Waals surface area contributed by atoms with Crippen molar-refractivity contribution in [2.75, 3.05) is 67.2 Å². The number of aliphatic imine (C=N–C) groups is 1. The average molecular weight is 575 g/mol. The summed E-state index contributed by atoms with van der Waals surface area (Å²) >= 11 is 0. The molecule has 8 heteroatoms. The molecular weight excluding hydrogens is 531 g/mol. The van der Waals surface area contributed by atoms with Crippen molar-refractivity contribution in [2.45, 2.75) is 50.7 Å². The molecule has 2 aliphatic heterocycles. The van der Waals surface area contributed by atoms with Gasteiger partial charge in [0, 0.05) is 47.0 Å². The fourth-order valence-corrected chi connectivity index (χ4v) is 4.72. The van der Waals surface area contributed by atoms with Crippen molar-refractivity contribution in [1.82, 2.24) is 15.1 Å². The molecule has 1 atom stereocenters. The van der Waals surface area contributed by atoms with Crippen LogP contribution in [0.25, 0.3) is 0 Å². The molecule has 7 nitrogen and oxygen atoms in total. The molecule has 1 aromatic rings. The highest BCUT2D eigenvalue weighted by Gasteiger charge is 2.25. The maximum Gasteiger partial charge on any atom is 0.193 e. The first-order valence-corrected chi connectivity index (χ1v) is 12.2. The fraction of sp³-hybridized carbons (Fsp3) is 0.720. The van der Waals surface area contributed by atoms with Crippen molar-refractivity contribution in [1.29, 1.82) is 0 Å². The lowest BCUT2D eigenvalue weighted by Crippen LogP contribution is -2.49. The van der Waals surface area contributed by atoms with Gasteiger partial charge < -0.3 is 24.4 Å². The van der Waals surface area contributed by atoms with E-state index in [0.29, 0.717) is 12.1 Å². The Bertz CT molecular complexity index is 675. The summed E-state index contributed by atoms with van der Waals surface area (Å²) in [6.45, 7) is 6.67. The van der Waals surface area contributed by atoms with Crippen LogP contribution in [0, 0.1) is 0 Å². The summed E-state index contributed by atoms with van der Waals surface area (Å²) in [5, 5.41) is 3.68. The number of benzene rings is 1. The SMILES string of the molecule is CN=C(NCC(c1ccc(OC)cc1)N1CCCCC1)N1CCC(OCCCOC)CC1.I. The van der Waals surface area contributed by atoms with Crippen LogP contribution in [-0.4, -0.2) is 89.1 Å². The first-order valence-electron chi connectivity index (χ1n) is 12.2. The molecule has 2 aliphatic rings. The first-order chi connectivity index (χ1) is 15.7. The van der Waals surface area contributed by atoms with Crippen molar-refractivity contribution < 1.29 is 14.2 Å². The van der Waals surface area contributed by atoms with Crippen LogP contribution in [0.2, 0.25) is 0 Å². The summed E-state index contributed by atoms with van der Waals surface area (Å²) in [4.78, 5) is 9.59. The second-order valence-corrected chi connectivity index (χ2v) is 8.72. The molecule has 0 bridgehead atoms. The predicted molar refractivity (Wildman–Crippen MR) is 145 cm³/mol. The van der Waals surface area contributed by atoms with E-state index in [0.717, 1.165) is 76.9 Å². The minimum Gasteiger partial charge on any atom is -0.497 e. The Morgan fingerprint density at radius 2 is 1.73 bits per heavy atom. The van der Waals surface area contributed by atoms with Gasteiger partial charge in [0.1, 0.15) is 5.75 Å². The quantitative estimate of drug-likeness (QED) is 0.198. The second kappa shape index (κ2) is 15.7. The summed E-state index contributed by atoms with van der Waals surface area (Å²) in [7, 11) is 5.34. The number of hydrogen-bond donors (Lipinski definition) is 1. The van der Waals surface area contributed by atoms with Gasteiger partial charge in [-0.3, -0.25) is 9.89 Å². The Labute approximate surface area is 217 Å². The molecule has 1 N–H and O–H groups in total. The number of rotatable bonds is 10. The van der Waals surface area contributed by atoms with E-state index in [4.69, 9.17) is 14.2 Å². The van der Waals surface area contributed by atoms with Crippen molar-refractivity contribution in [3.63, 3.8) is 0 Å². The van der Waals surface area contributed by atoms with Crippen LogP contribution in [0.1, 0.15) is 50.1 Å². The van der Waals surface area contributed by atoms with Crippen LogP contribution in [0.4, 0.5) is 0 Å². The van der Waals surface area contributed by atoms with E-state index < -0.39 is 0 Å². The molecule has 1 aromatic carbocycles. The van der Waals surface area contributed by atoms with E-state index in [1.54, 1.807) is 14.2 Å². The monoisotopic (exact) mass is 574 g/mol. The normalized spacial score (nSPS) is 19.1. The van der Waals surface area contributed by atoms with Gasteiger partial charge >= 0.3 is 0 Å². The van der Waals surface area contributed by atoms with Crippen LogP contribution < -0.4 is 10.1 Å². The number of likely N-dealkylation sites (tertiary alicyclic amines) is 2. The highest BCUT2D eigenvalue weighted by atomic mass is 127. The van der Waals surface area contributed by atoms with E-state index in [2.05, 4.69) is 44.4 Å². The lowest BCUT2D eigenvalue weighted by molar-refractivity contribution is 0.00984. The number of halogens is 1. The van der Waals surface area contributed by atoms with Crippen molar-refractivity contribution in [3.05, 3.63) is 29.8 Å². The number of ether oxygens (including phenoxy) is 3. The number of hydrogen-bond acceptors (Lipinski definition) is 5. The predicted octanol–water partition coefficient (Wildman–Crippen LogP) is 3.93. The van der Waals surface area contributed by atoms with E-state index >= 15 is 0 Å². The molecule has 2 fully saturated rings. The summed E-state index contributed by atoms with van der Waals surface area (Å²) in [5.41, 5.74) is 1.33. The van der Waals surface area contributed by atoms with Gasteiger partial charge in [0.2, 0.25) is 0 Å². The summed E-state index contributed by atoms with van der Waals surface area (Å²) < 4.78 is 16.5. The minimum atomic E-state index is 0. The zero-order valence-electron chi connectivity index (χ0n) is 20.6. The minimum absolute atomic E-state index is 0. The van der Waals surface area contributed by atoms with E-state index in [1.807, 2.05) is 7.05 Å². The molecule has 33 heavy (non-hydrogen) atoms. The molecule has 0 spiro atoms. The third-order valence-corrected chi connectivity index (χ3v) is 6.59. The van der Waals surface area contributed by atoms with Gasteiger partial charge in [0.05, 0.1) is 19.3 Å². The maximum absolute atomic E-state index is 6.02. The van der Waals surface area contributed by atoms with Gasteiger partial charge in [0.15, 0.2) is 5.96 Å². The molecule has 188 valence electrons. The maximum atomic E-state index is 6.02. The zero-order valence-corrected chi connectivity index (χ0v) is 23.0. The number of nitrogens with one attached hydrogen (secondary N) is 1. The van der Waals surface area contributed by atoms with Crippen LogP contribution in [-0.2, 0) is 9.47 Å². The zero-order chi connectivity index (χ0) is 22.6. The fourth-order valence-electron chi connectivity index (χ4n) is 4.72. The molecule has 3 rings (SSSR count). The van der Waals surface area contributed by atoms with Crippen LogP contribution in [0.5, 0.6) is 5.75 Å². The van der Waals surface area contributed by atoms with Crippen molar-refractivity contribution in [3.8, 4) is 5.75 Å². The Morgan fingerprint density at radius 3 is 2.33 bits per heavy atom. The van der Waals surface area contributed by atoms with Crippen LogP contribution >= 0.6 is 24.0 Å². The summed E-state index contributed by atoms with van der Waals surface area (Å²) in [6, 6.07) is 8.88. The molecular formula is C25H43IN4O3. The number of methoxy groups -OCH3 is 2. The molecule has 0 radical (unpaired) electrons. The average Bonchev–Trinajstić information content (AvgIpc) is 2.86. The lowest BCUT2D eigenvalue weighted by Gasteiger charge is -2.37. The standard InChI is InChI=1S/C25H42N4O3.HI/c1-26-25(29-16-12-23(13-17-29)32-19-7-18-30-2)27-20-24(28-14-5-4-6-15-28)21-8-10-22(31-3)11-9-21;/h8-11,23-24H,4-7,12-20H2,1-3H3,(H,26,27);1H. The Morgan fingerprint density at radius 1 is 1.03 bits per heavy atom. The van der Waals surface area contributed by atoms with Crippen molar-refractivity contribution >= 4 is 29.9 Å². The molecule has 2 saturated heterocycles. The number of nitrogens with zero attached hydrogens (tertiary/aromatic N) is 3. The van der Waals surface area contributed by atoms with Gasteiger partial charge in [-0.25, -0.2) is 0 Å². The first kappa shape index (κ1) is 28.1. The molecule has 2 heterocycles. The topological polar surface area (TPSA) is 58.6 Å². The largest absolute Gasteiger partial charge is 0.497 e. The summed E-state index contributed by atoms with van der Waals surface area (Å²) in [6.07, 6.45) is 7.29. The third-order valence-electron chi connectivity index (χ3n) is 6.59. The highest BCUT2D eigenvalue weighted by Crippen LogP contribution is 2.26. The molecule has 0 saturated carbocycles. The molecule has 0 amide bonds. The van der Waals surface area contributed by atoms with Crippen molar-refractivity contribution in [2.24, 2.45) is 4.99 Å². The third kappa shape index (κ3) is 8.88. The lowest BCUT2D eigenvalue weighted by atomic mass is 10.0. The van der Waals surface area contributed by atoms with Gasteiger partial charge in [-0.1, -0.05) is 18.6 Å². The number of piperidine rings is 2. The van der Waals surface area contributed by atoms with Gasteiger partial charge in [-0.15, -0.1) is 24.0 Å². The molecule has 1 unspecified atom stereocenters. The number of guanidine groups is 1.